The van der Waals surface area contributed by atoms with Crippen molar-refractivity contribution in [1.82, 2.24) is 4.90 Å². The second-order valence-electron chi connectivity index (χ2n) is 7.08. The Morgan fingerprint density at radius 2 is 1.68 bits per heavy atom. The average Bonchev–Trinajstić information content (AvgIpc) is 2.73. The van der Waals surface area contributed by atoms with E-state index in [0.29, 0.717) is 31.4 Å². The lowest BCUT2D eigenvalue weighted by atomic mass is 9.93. The highest BCUT2D eigenvalue weighted by Gasteiger charge is 2.27. The molecule has 28 heavy (non-hydrogen) atoms. The topological polar surface area (TPSA) is 55.8 Å². The maximum Gasteiger partial charge on any atom is 0.223 e. The zero-order chi connectivity index (χ0) is 20.1. The summed E-state index contributed by atoms with van der Waals surface area (Å²) < 4.78 is 10.4. The predicted molar refractivity (Wildman–Crippen MR) is 108 cm³/mol. The van der Waals surface area contributed by atoms with E-state index in [1.165, 1.54) is 11.1 Å². The second-order valence-corrected chi connectivity index (χ2v) is 7.08. The SMILES string of the molecule is COc1ccc(C(=O)CCCC(=O)N2CCc3cc(OC)ccc3C2C)cc1. The van der Waals surface area contributed by atoms with E-state index >= 15 is 0 Å². The number of rotatable bonds is 7. The number of carbonyl (C=O) groups is 2. The number of amides is 1. The molecule has 0 spiro atoms. The Bertz CT molecular complexity index is 844. The minimum absolute atomic E-state index is 0.0412. The lowest BCUT2D eigenvalue weighted by Gasteiger charge is -2.35. The Balaban J connectivity index is 1.53. The maximum atomic E-state index is 12.7. The Morgan fingerprint density at radius 3 is 2.36 bits per heavy atom. The van der Waals surface area contributed by atoms with E-state index in [4.69, 9.17) is 9.47 Å². The molecule has 1 aliphatic rings. The molecule has 1 unspecified atom stereocenters. The number of Topliss-reactive ketones (excluding diaryl/α,β-unsaturated/α-hetero) is 1. The summed E-state index contributed by atoms with van der Waals surface area (Å²) in [6, 6.07) is 13.2. The van der Waals surface area contributed by atoms with Gasteiger partial charge in [0.05, 0.1) is 20.3 Å². The predicted octanol–water partition coefficient (Wildman–Crippen LogP) is 4.20. The zero-order valence-electron chi connectivity index (χ0n) is 16.7. The van der Waals surface area contributed by atoms with Crippen molar-refractivity contribution in [3.05, 3.63) is 59.2 Å². The van der Waals surface area contributed by atoms with Crippen molar-refractivity contribution in [1.29, 1.82) is 0 Å². The third-order valence-electron chi connectivity index (χ3n) is 5.42. The van der Waals surface area contributed by atoms with Crippen LogP contribution < -0.4 is 9.47 Å². The maximum absolute atomic E-state index is 12.7. The molecule has 5 nitrogen and oxygen atoms in total. The van der Waals surface area contributed by atoms with E-state index in [1.807, 2.05) is 17.0 Å². The van der Waals surface area contributed by atoms with Crippen LogP contribution >= 0.6 is 0 Å². The van der Waals surface area contributed by atoms with E-state index in [0.717, 1.165) is 17.9 Å². The Kier molecular flexibility index (Phi) is 6.34. The number of carbonyl (C=O) groups excluding carboxylic acids is 2. The molecule has 3 rings (SSSR count). The fourth-order valence-corrected chi connectivity index (χ4v) is 3.74. The van der Waals surface area contributed by atoms with Gasteiger partial charge in [-0.3, -0.25) is 9.59 Å². The van der Waals surface area contributed by atoms with Gasteiger partial charge in [-0.15, -0.1) is 0 Å². The summed E-state index contributed by atoms with van der Waals surface area (Å²) in [6.45, 7) is 2.76. The number of hydrogen-bond donors (Lipinski definition) is 0. The van der Waals surface area contributed by atoms with E-state index in [-0.39, 0.29) is 17.7 Å². The fourth-order valence-electron chi connectivity index (χ4n) is 3.74. The van der Waals surface area contributed by atoms with Crippen molar-refractivity contribution < 1.29 is 19.1 Å². The summed E-state index contributed by atoms with van der Waals surface area (Å²) in [5, 5.41) is 0. The minimum atomic E-state index is 0.0412. The van der Waals surface area contributed by atoms with Crippen LogP contribution in [-0.2, 0) is 11.2 Å². The molecule has 148 valence electrons. The first-order chi connectivity index (χ1) is 13.5. The molecule has 0 radical (unpaired) electrons. The molecule has 1 heterocycles. The van der Waals surface area contributed by atoms with Gasteiger partial charge in [-0.1, -0.05) is 6.07 Å². The first-order valence-electron chi connectivity index (χ1n) is 9.67. The van der Waals surface area contributed by atoms with Crippen LogP contribution in [0.15, 0.2) is 42.5 Å². The van der Waals surface area contributed by atoms with Crippen molar-refractivity contribution in [2.45, 2.75) is 38.6 Å². The molecule has 1 amide bonds. The normalized spacial score (nSPS) is 15.7. The molecular formula is C23H27NO4. The van der Waals surface area contributed by atoms with Gasteiger partial charge in [0.25, 0.3) is 0 Å². The van der Waals surface area contributed by atoms with Crippen LogP contribution in [0.5, 0.6) is 11.5 Å². The average molecular weight is 381 g/mol. The molecule has 1 atom stereocenters. The van der Waals surface area contributed by atoms with Crippen LogP contribution in [0.1, 0.15) is 53.7 Å². The number of fused-ring (bicyclic) bond motifs is 1. The van der Waals surface area contributed by atoms with Crippen LogP contribution in [0.3, 0.4) is 0 Å². The monoisotopic (exact) mass is 381 g/mol. The lowest BCUT2D eigenvalue weighted by Crippen LogP contribution is -2.38. The fraction of sp³-hybridized carbons (Fsp3) is 0.391. The Labute approximate surface area is 166 Å². The van der Waals surface area contributed by atoms with Crippen LogP contribution in [0.2, 0.25) is 0 Å². The molecule has 1 aliphatic heterocycles. The van der Waals surface area contributed by atoms with Gasteiger partial charge in [0, 0.05) is 24.9 Å². The summed E-state index contributed by atoms with van der Waals surface area (Å²) in [4.78, 5) is 27.0. The molecule has 0 aliphatic carbocycles. The summed E-state index contributed by atoms with van der Waals surface area (Å²) >= 11 is 0. The first kappa shape index (κ1) is 19.9. The van der Waals surface area contributed by atoms with Crippen molar-refractivity contribution >= 4 is 11.7 Å². The van der Waals surface area contributed by atoms with Crippen molar-refractivity contribution in [3.8, 4) is 11.5 Å². The second kappa shape index (κ2) is 8.91. The molecular weight excluding hydrogens is 354 g/mol. The molecule has 0 aromatic heterocycles. The smallest absolute Gasteiger partial charge is 0.223 e. The van der Waals surface area contributed by atoms with Gasteiger partial charge in [0.2, 0.25) is 5.91 Å². The van der Waals surface area contributed by atoms with Gasteiger partial charge in [-0.2, -0.15) is 0 Å². The van der Waals surface area contributed by atoms with E-state index < -0.39 is 0 Å². The molecule has 0 saturated heterocycles. The Morgan fingerprint density at radius 1 is 1.00 bits per heavy atom. The molecule has 0 bridgehead atoms. The van der Waals surface area contributed by atoms with Crippen LogP contribution in [0.25, 0.3) is 0 Å². The van der Waals surface area contributed by atoms with E-state index in [1.54, 1.807) is 38.5 Å². The molecule has 2 aromatic carbocycles. The number of benzene rings is 2. The largest absolute Gasteiger partial charge is 0.497 e. The lowest BCUT2D eigenvalue weighted by molar-refractivity contribution is -0.133. The van der Waals surface area contributed by atoms with Crippen LogP contribution in [0, 0.1) is 0 Å². The molecule has 0 saturated carbocycles. The number of ether oxygens (including phenoxy) is 2. The molecule has 5 heteroatoms. The van der Waals surface area contributed by atoms with Gasteiger partial charge < -0.3 is 14.4 Å². The number of methoxy groups -OCH3 is 2. The van der Waals surface area contributed by atoms with Gasteiger partial charge in [0.15, 0.2) is 5.78 Å². The van der Waals surface area contributed by atoms with Gasteiger partial charge in [-0.25, -0.2) is 0 Å². The summed E-state index contributed by atoms with van der Waals surface area (Å²) in [6.07, 6.45) is 2.14. The van der Waals surface area contributed by atoms with Gasteiger partial charge >= 0.3 is 0 Å². The first-order valence-corrected chi connectivity index (χ1v) is 9.67. The van der Waals surface area contributed by atoms with Crippen molar-refractivity contribution in [2.24, 2.45) is 0 Å². The summed E-state index contributed by atoms with van der Waals surface area (Å²) in [5.41, 5.74) is 3.07. The molecule has 0 N–H and O–H groups in total. The third-order valence-corrected chi connectivity index (χ3v) is 5.42. The quantitative estimate of drug-likeness (QED) is 0.675. The minimum Gasteiger partial charge on any atom is -0.497 e. The highest BCUT2D eigenvalue weighted by atomic mass is 16.5. The standard InChI is InChI=1S/C23H27NO4/c1-16-21-12-11-20(28-3)15-18(21)13-14-24(16)23(26)6-4-5-22(25)17-7-9-19(27-2)10-8-17/h7-12,15-16H,4-6,13-14H2,1-3H3. The van der Waals surface area contributed by atoms with Gasteiger partial charge in [-0.05, 0) is 67.3 Å². The summed E-state index contributed by atoms with van der Waals surface area (Å²) in [7, 11) is 3.26. The third kappa shape index (κ3) is 4.35. The number of ketones is 1. The van der Waals surface area contributed by atoms with E-state index in [2.05, 4.69) is 13.0 Å². The van der Waals surface area contributed by atoms with Gasteiger partial charge in [0.1, 0.15) is 11.5 Å². The highest BCUT2D eigenvalue weighted by molar-refractivity contribution is 5.96. The molecule has 2 aromatic rings. The number of hydrogen-bond acceptors (Lipinski definition) is 4. The van der Waals surface area contributed by atoms with Crippen molar-refractivity contribution in [2.75, 3.05) is 20.8 Å². The molecule has 0 fully saturated rings. The summed E-state index contributed by atoms with van der Waals surface area (Å²) in [5.74, 6) is 1.74. The zero-order valence-corrected chi connectivity index (χ0v) is 16.7. The van der Waals surface area contributed by atoms with Crippen molar-refractivity contribution in [3.63, 3.8) is 0 Å². The Hall–Kier alpha value is -2.82. The van der Waals surface area contributed by atoms with Crippen LogP contribution in [0.4, 0.5) is 0 Å². The highest BCUT2D eigenvalue weighted by Crippen LogP contribution is 2.32. The van der Waals surface area contributed by atoms with Crippen LogP contribution in [-0.4, -0.2) is 37.4 Å². The van der Waals surface area contributed by atoms with E-state index in [9.17, 15) is 9.59 Å². The number of nitrogens with zero attached hydrogens (tertiary/aromatic N) is 1.